The van der Waals surface area contributed by atoms with Crippen LogP contribution in [0.4, 0.5) is 0 Å². The fourth-order valence-electron chi connectivity index (χ4n) is 3.06. The Morgan fingerprint density at radius 1 is 1.24 bits per heavy atom. The lowest BCUT2D eigenvalue weighted by Crippen LogP contribution is -2.39. The van der Waals surface area contributed by atoms with Gasteiger partial charge in [-0.1, -0.05) is 26.0 Å². The smallest absolute Gasteiger partial charge is 0.118 e. The molecule has 0 bridgehead atoms. The van der Waals surface area contributed by atoms with Crippen molar-refractivity contribution < 1.29 is 19.3 Å². The molecule has 1 fully saturated rings. The van der Waals surface area contributed by atoms with E-state index >= 15 is 0 Å². The minimum atomic E-state index is -0.488. The number of methoxy groups -OCH3 is 1. The monoisotopic (exact) mass is 351 g/mol. The third-order valence-electron chi connectivity index (χ3n) is 4.28. The van der Waals surface area contributed by atoms with Gasteiger partial charge in [-0.2, -0.15) is 0 Å². The molecule has 1 N–H and O–H groups in total. The topological polar surface area (TPSA) is 51.2 Å². The molecule has 142 valence electrons. The van der Waals surface area contributed by atoms with E-state index in [1.165, 1.54) is 5.56 Å². The first-order valence-corrected chi connectivity index (χ1v) is 9.29. The van der Waals surface area contributed by atoms with E-state index in [0.717, 1.165) is 38.3 Å². The Morgan fingerprint density at radius 3 is 2.60 bits per heavy atom. The van der Waals surface area contributed by atoms with Crippen molar-refractivity contribution in [2.45, 2.75) is 45.4 Å². The van der Waals surface area contributed by atoms with Crippen LogP contribution in [0, 0.1) is 5.92 Å². The first kappa shape index (κ1) is 20.2. The number of rotatable bonds is 11. The van der Waals surface area contributed by atoms with Crippen molar-refractivity contribution in [3.05, 3.63) is 29.8 Å². The Kier molecular flexibility index (Phi) is 8.68. The zero-order valence-electron chi connectivity index (χ0n) is 15.8. The molecule has 0 aromatic heterocycles. The maximum Gasteiger partial charge on any atom is 0.118 e. The van der Waals surface area contributed by atoms with Crippen LogP contribution in [0.5, 0.6) is 5.75 Å². The molecule has 1 aliphatic heterocycles. The van der Waals surface area contributed by atoms with E-state index in [0.29, 0.717) is 25.7 Å². The molecule has 2 unspecified atom stereocenters. The molecule has 1 aliphatic rings. The van der Waals surface area contributed by atoms with Gasteiger partial charge in [0.2, 0.25) is 0 Å². The predicted molar refractivity (Wildman–Crippen MR) is 98.9 cm³/mol. The van der Waals surface area contributed by atoms with Crippen LogP contribution in [0.3, 0.4) is 0 Å². The highest BCUT2D eigenvalue weighted by molar-refractivity contribution is 5.27. The summed E-state index contributed by atoms with van der Waals surface area (Å²) in [5.41, 5.74) is 1.20. The molecule has 25 heavy (non-hydrogen) atoms. The van der Waals surface area contributed by atoms with E-state index in [2.05, 4.69) is 30.9 Å². The van der Waals surface area contributed by atoms with E-state index in [4.69, 9.17) is 14.2 Å². The summed E-state index contributed by atoms with van der Waals surface area (Å²) in [5.74, 6) is 1.34. The number of aliphatic hydroxyl groups excluding tert-OH is 1. The SMILES string of the molecule is COc1ccc(CN(CC(O)COCC(C)C)CC2CCCO2)cc1. The fourth-order valence-corrected chi connectivity index (χ4v) is 3.06. The molecule has 5 heteroatoms. The van der Waals surface area contributed by atoms with Crippen molar-refractivity contribution in [1.29, 1.82) is 0 Å². The Hall–Kier alpha value is -1.14. The van der Waals surface area contributed by atoms with Crippen molar-refractivity contribution in [2.24, 2.45) is 5.92 Å². The maximum absolute atomic E-state index is 10.3. The highest BCUT2D eigenvalue weighted by Crippen LogP contribution is 2.17. The van der Waals surface area contributed by atoms with Crippen LogP contribution in [0.25, 0.3) is 0 Å². The van der Waals surface area contributed by atoms with Crippen LogP contribution in [-0.2, 0) is 16.0 Å². The largest absolute Gasteiger partial charge is 0.497 e. The maximum atomic E-state index is 10.3. The standard InChI is InChI=1S/C20H33NO4/c1-16(2)14-24-15-18(22)12-21(13-20-5-4-10-25-20)11-17-6-8-19(23-3)9-7-17/h6-9,16,18,20,22H,4-5,10-15H2,1-3H3. The Labute approximate surface area is 151 Å². The summed E-state index contributed by atoms with van der Waals surface area (Å²) >= 11 is 0. The number of aliphatic hydroxyl groups is 1. The summed E-state index contributed by atoms with van der Waals surface area (Å²) in [5, 5.41) is 10.3. The van der Waals surface area contributed by atoms with Crippen molar-refractivity contribution >= 4 is 0 Å². The summed E-state index contributed by atoms with van der Waals surface area (Å²) < 4.78 is 16.6. The van der Waals surface area contributed by atoms with E-state index in [1.54, 1.807) is 7.11 Å². The van der Waals surface area contributed by atoms with Gasteiger partial charge in [0, 0.05) is 32.8 Å². The van der Waals surface area contributed by atoms with Crippen molar-refractivity contribution in [2.75, 3.05) is 40.0 Å². The summed E-state index contributed by atoms with van der Waals surface area (Å²) in [7, 11) is 1.67. The molecule has 0 spiro atoms. The van der Waals surface area contributed by atoms with Gasteiger partial charge in [0.15, 0.2) is 0 Å². The second kappa shape index (κ2) is 10.8. The number of benzene rings is 1. The van der Waals surface area contributed by atoms with Crippen molar-refractivity contribution in [3.8, 4) is 5.75 Å². The van der Waals surface area contributed by atoms with Crippen molar-refractivity contribution in [3.63, 3.8) is 0 Å². The zero-order chi connectivity index (χ0) is 18.1. The average Bonchev–Trinajstić information content (AvgIpc) is 3.08. The summed E-state index contributed by atoms with van der Waals surface area (Å²) in [6, 6.07) is 8.09. The lowest BCUT2D eigenvalue weighted by Gasteiger charge is -2.27. The number of hydrogen-bond acceptors (Lipinski definition) is 5. The van der Waals surface area contributed by atoms with Gasteiger partial charge in [-0.05, 0) is 36.5 Å². The van der Waals surface area contributed by atoms with Gasteiger partial charge in [-0.3, -0.25) is 4.90 Å². The van der Waals surface area contributed by atoms with Crippen LogP contribution in [-0.4, -0.2) is 62.2 Å². The normalized spacial score (nSPS) is 18.9. The van der Waals surface area contributed by atoms with Gasteiger partial charge >= 0.3 is 0 Å². The molecule has 1 saturated heterocycles. The summed E-state index contributed by atoms with van der Waals surface area (Å²) in [6.07, 6.45) is 2.00. The van der Waals surface area contributed by atoms with Gasteiger partial charge < -0.3 is 19.3 Å². The first-order chi connectivity index (χ1) is 12.1. The van der Waals surface area contributed by atoms with Gasteiger partial charge in [-0.25, -0.2) is 0 Å². The van der Waals surface area contributed by atoms with Crippen LogP contribution >= 0.6 is 0 Å². The van der Waals surface area contributed by atoms with Crippen LogP contribution < -0.4 is 4.74 Å². The van der Waals surface area contributed by atoms with E-state index in [1.807, 2.05) is 12.1 Å². The number of nitrogens with zero attached hydrogens (tertiary/aromatic N) is 1. The summed E-state index contributed by atoms with van der Waals surface area (Å²) in [6.45, 7) is 8.34. The van der Waals surface area contributed by atoms with Crippen LogP contribution in [0.15, 0.2) is 24.3 Å². The van der Waals surface area contributed by atoms with Crippen molar-refractivity contribution in [1.82, 2.24) is 4.90 Å². The van der Waals surface area contributed by atoms with Gasteiger partial charge in [-0.15, -0.1) is 0 Å². The molecule has 2 atom stereocenters. The van der Waals surface area contributed by atoms with E-state index in [9.17, 15) is 5.11 Å². The second-order valence-corrected chi connectivity index (χ2v) is 7.26. The Balaban J connectivity index is 1.89. The first-order valence-electron chi connectivity index (χ1n) is 9.29. The van der Waals surface area contributed by atoms with Crippen LogP contribution in [0.2, 0.25) is 0 Å². The zero-order valence-corrected chi connectivity index (χ0v) is 15.8. The molecular weight excluding hydrogens is 318 g/mol. The average molecular weight is 351 g/mol. The molecular formula is C20H33NO4. The molecule has 0 aliphatic carbocycles. The van der Waals surface area contributed by atoms with E-state index < -0.39 is 6.10 Å². The quantitative estimate of drug-likeness (QED) is 0.664. The Bertz CT molecular complexity index is 471. The molecule has 2 rings (SSSR count). The lowest BCUT2D eigenvalue weighted by atomic mass is 10.1. The molecule has 0 radical (unpaired) electrons. The van der Waals surface area contributed by atoms with Gasteiger partial charge in [0.1, 0.15) is 5.75 Å². The molecule has 1 aromatic rings. The summed E-state index contributed by atoms with van der Waals surface area (Å²) in [4.78, 5) is 2.27. The third kappa shape index (κ3) is 7.74. The fraction of sp³-hybridized carbons (Fsp3) is 0.700. The highest BCUT2D eigenvalue weighted by atomic mass is 16.5. The molecule has 1 aromatic carbocycles. The molecule has 0 saturated carbocycles. The second-order valence-electron chi connectivity index (χ2n) is 7.26. The van der Waals surface area contributed by atoms with Gasteiger partial charge in [0.25, 0.3) is 0 Å². The highest BCUT2D eigenvalue weighted by Gasteiger charge is 2.21. The number of hydrogen-bond donors (Lipinski definition) is 1. The van der Waals surface area contributed by atoms with E-state index in [-0.39, 0.29) is 6.10 Å². The molecule has 0 amide bonds. The minimum Gasteiger partial charge on any atom is -0.497 e. The third-order valence-corrected chi connectivity index (χ3v) is 4.28. The lowest BCUT2D eigenvalue weighted by molar-refractivity contribution is -0.00391. The van der Waals surface area contributed by atoms with Gasteiger partial charge in [0.05, 0.1) is 25.9 Å². The predicted octanol–water partition coefficient (Wildman–Crippen LogP) is 2.71. The number of ether oxygens (including phenoxy) is 3. The Morgan fingerprint density at radius 2 is 2.00 bits per heavy atom. The molecule has 5 nitrogen and oxygen atoms in total. The minimum absolute atomic E-state index is 0.266. The van der Waals surface area contributed by atoms with Crippen LogP contribution in [0.1, 0.15) is 32.3 Å². The molecule has 1 heterocycles.